The number of amides is 1. The van der Waals surface area contributed by atoms with Crippen molar-refractivity contribution in [2.45, 2.75) is 32.1 Å². The van der Waals surface area contributed by atoms with Crippen LogP contribution in [0.25, 0.3) is 5.69 Å². The Morgan fingerprint density at radius 2 is 1.86 bits per heavy atom. The Labute approximate surface area is 179 Å². The van der Waals surface area contributed by atoms with Crippen molar-refractivity contribution in [1.82, 2.24) is 9.78 Å². The van der Waals surface area contributed by atoms with E-state index in [9.17, 15) is 4.79 Å². The highest BCUT2D eigenvalue weighted by Crippen LogP contribution is 2.44. The molecule has 0 unspecified atom stereocenters. The fraction of sp³-hybridized carbons (Fsp3) is 0.273. The van der Waals surface area contributed by atoms with Crippen LogP contribution in [0.3, 0.4) is 0 Å². The van der Waals surface area contributed by atoms with E-state index in [-0.39, 0.29) is 17.3 Å². The Hall–Kier alpha value is -2.44. The van der Waals surface area contributed by atoms with Crippen molar-refractivity contribution in [1.29, 1.82) is 0 Å². The Bertz CT molecular complexity index is 1030. The standard InChI is InChI=1S/C22H22ClN3O2S/c1-13(2)28-18-10-4-15(5-11-18)21-20-14(3)25-26(17-8-6-16(23)7-9-17)22(20)24-19(27)12-29-21/h4-11,13,21H,12H2,1-3H3,(H,24,27)/t21-/m1/s1. The van der Waals surface area contributed by atoms with E-state index in [1.54, 1.807) is 16.4 Å². The number of carbonyl (C=O) groups excluding carboxylic acids is 1. The van der Waals surface area contributed by atoms with Crippen LogP contribution >= 0.6 is 23.4 Å². The summed E-state index contributed by atoms with van der Waals surface area (Å²) in [5.74, 6) is 1.90. The molecule has 29 heavy (non-hydrogen) atoms. The van der Waals surface area contributed by atoms with E-state index in [1.807, 2.05) is 57.2 Å². The fourth-order valence-electron chi connectivity index (χ4n) is 3.41. The lowest BCUT2D eigenvalue weighted by Crippen LogP contribution is -2.15. The van der Waals surface area contributed by atoms with Crippen molar-refractivity contribution in [3.63, 3.8) is 0 Å². The maximum atomic E-state index is 12.4. The number of benzene rings is 2. The molecule has 2 heterocycles. The van der Waals surface area contributed by atoms with Gasteiger partial charge < -0.3 is 10.1 Å². The van der Waals surface area contributed by atoms with E-state index in [0.29, 0.717) is 16.6 Å². The highest BCUT2D eigenvalue weighted by Gasteiger charge is 2.30. The number of anilines is 1. The third kappa shape index (κ3) is 4.14. The summed E-state index contributed by atoms with van der Waals surface area (Å²) < 4.78 is 7.55. The minimum Gasteiger partial charge on any atom is -0.491 e. The number of carbonyl (C=O) groups is 1. The molecule has 7 heteroatoms. The van der Waals surface area contributed by atoms with Gasteiger partial charge in [-0.25, -0.2) is 4.68 Å². The van der Waals surface area contributed by atoms with Gasteiger partial charge in [0, 0.05) is 10.6 Å². The third-order valence-corrected chi connectivity index (χ3v) is 6.16. The zero-order valence-corrected chi connectivity index (χ0v) is 18.1. The molecule has 0 spiro atoms. The summed E-state index contributed by atoms with van der Waals surface area (Å²) >= 11 is 7.64. The first-order chi connectivity index (χ1) is 13.9. The second kappa shape index (κ2) is 8.13. The molecule has 1 amide bonds. The number of ether oxygens (including phenoxy) is 1. The lowest BCUT2D eigenvalue weighted by Gasteiger charge is -2.16. The maximum absolute atomic E-state index is 12.4. The summed E-state index contributed by atoms with van der Waals surface area (Å²) in [6.07, 6.45) is 0.126. The molecule has 0 radical (unpaired) electrons. The summed E-state index contributed by atoms with van der Waals surface area (Å²) in [7, 11) is 0. The molecule has 150 valence electrons. The number of nitrogens with one attached hydrogen (secondary N) is 1. The smallest absolute Gasteiger partial charge is 0.235 e. The van der Waals surface area contributed by atoms with Gasteiger partial charge in [0.15, 0.2) is 0 Å². The number of hydrogen-bond acceptors (Lipinski definition) is 4. The van der Waals surface area contributed by atoms with Gasteiger partial charge in [-0.3, -0.25) is 4.79 Å². The van der Waals surface area contributed by atoms with Gasteiger partial charge in [0.25, 0.3) is 0 Å². The van der Waals surface area contributed by atoms with Crippen LogP contribution in [-0.2, 0) is 4.79 Å². The van der Waals surface area contributed by atoms with Crippen molar-refractivity contribution >= 4 is 35.1 Å². The van der Waals surface area contributed by atoms with Crippen LogP contribution < -0.4 is 10.1 Å². The number of halogens is 1. The molecule has 0 bridgehead atoms. The van der Waals surface area contributed by atoms with E-state index < -0.39 is 0 Å². The minimum atomic E-state index is -0.0337. The average molecular weight is 428 g/mol. The van der Waals surface area contributed by atoms with E-state index in [1.165, 1.54) is 0 Å². The number of thioether (sulfide) groups is 1. The van der Waals surface area contributed by atoms with E-state index in [0.717, 1.165) is 28.3 Å². The van der Waals surface area contributed by atoms with Crippen molar-refractivity contribution in [3.05, 3.63) is 70.4 Å². The topological polar surface area (TPSA) is 56.2 Å². The SMILES string of the molecule is Cc1nn(-c2ccc(Cl)cc2)c2c1[C@@H](c1ccc(OC(C)C)cc1)SCC(=O)N2. The van der Waals surface area contributed by atoms with Crippen LogP contribution in [0.1, 0.15) is 35.9 Å². The number of aromatic nitrogens is 2. The highest BCUT2D eigenvalue weighted by atomic mass is 35.5. The first-order valence-electron chi connectivity index (χ1n) is 9.46. The zero-order chi connectivity index (χ0) is 20.5. The van der Waals surface area contributed by atoms with Crippen LogP contribution in [0.15, 0.2) is 48.5 Å². The fourth-order valence-corrected chi connectivity index (χ4v) is 4.72. The second-order valence-electron chi connectivity index (χ2n) is 7.21. The number of fused-ring (bicyclic) bond motifs is 1. The number of nitrogens with zero attached hydrogens (tertiary/aromatic N) is 2. The first kappa shape index (κ1) is 19.9. The Morgan fingerprint density at radius 1 is 1.17 bits per heavy atom. The van der Waals surface area contributed by atoms with Crippen LogP contribution in [0.2, 0.25) is 5.02 Å². The van der Waals surface area contributed by atoms with Crippen LogP contribution in [0.4, 0.5) is 5.82 Å². The lowest BCUT2D eigenvalue weighted by molar-refractivity contribution is -0.113. The van der Waals surface area contributed by atoms with E-state index in [2.05, 4.69) is 17.4 Å². The van der Waals surface area contributed by atoms with Gasteiger partial charge in [-0.1, -0.05) is 23.7 Å². The number of rotatable bonds is 4. The molecule has 1 aliphatic rings. The lowest BCUT2D eigenvalue weighted by atomic mass is 10.0. The molecule has 1 N–H and O–H groups in total. The summed E-state index contributed by atoms with van der Waals surface area (Å²) in [4.78, 5) is 12.4. The molecule has 0 saturated heterocycles. The molecule has 4 rings (SSSR count). The van der Waals surface area contributed by atoms with Crippen molar-refractivity contribution in [2.24, 2.45) is 0 Å². The Morgan fingerprint density at radius 3 is 2.52 bits per heavy atom. The van der Waals surface area contributed by atoms with Crippen LogP contribution in [0, 0.1) is 6.92 Å². The molecule has 0 aliphatic carbocycles. The molecule has 1 aromatic heterocycles. The quantitative estimate of drug-likeness (QED) is 0.606. The largest absolute Gasteiger partial charge is 0.491 e. The monoisotopic (exact) mass is 427 g/mol. The predicted octanol–water partition coefficient (Wildman–Crippen LogP) is 5.40. The van der Waals surface area contributed by atoms with Gasteiger partial charge in [0.05, 0.1) is 28.5 Å². The van der Waals surface area contributed by atoms with Gasteiger partial charge in [-0.05, 0) is 62.7 Å². The number of hydrogen-bond donors (Lipinski definition) is 1. The summed E-state index contributed by atoms with van der Waals surface area (Å²) in [5.41, 5.74) is 3.87. The van der Waals surface area contributed by atoms with Crippen molar-refractivity contribution in [2.75, 3.05) is 11.1 Å². The van der Waals surface area contributed by atoms with Gasteiger partial charge in [0.1, 0.15) is 11.6 Å². The summed E-state index contributed by atoms with van der Waals surface area (Å²) in [5, 5.41) is 8.42. The van der Waals surface area contributed by atoms with Crippen molar-refractivity contribution in [3.8, 4) is 11.4 Å². The molecule has 1 atom stereocenters. The molecule has 0 fully saturated rings. The van der Waals surface area contributed by atoms with Crippen molar-refractivity contribution < 1.29 is 9.53 Å². The number of aryl methyl sites for hydroxylation is 1. The van der Waals surface area contributed by atoms with Gasteiger partial charge in [-0.15, -0.1) is 11.8 Å². The Kier molecular flexibility index (Phi) is 5.56. The molecule has 2 aromatic carbocycles. The molecule has 0 saturated carbocycles. The van der Waals surface area contributed by atoms with E-state index in [4.69, 9.17) is 21.4 Å². The Balaban J connectivity index is 1.77. The minimum absolute atomic E-state index is 0.00176. The normalized spacial score (nSPS) is 16.3. The molecule has 5 nitrogen and oxygen atoms in total. The average Bonchev–Trinajstić information content (AvgIpc) is 2.89. The molecular weight excluding hydrogens is 406 g/mol. The first-order valence-corrected chi connectivity index (χ1v) is 10.9. The molecule has 3 aromatic rings. The highest BCUT2D eigenvalue weighted by molar-refractivity contribution is 8.00. The van der Waals surface area contributed by atoms with E-state index >= 15 is 0 Å². The van der Waals surface area contributed by atoms with Gasteiger partial charge in [0.2, 0.25) is 5.91 Å². The van der Waals surface area contributed by atoms with Gasteiger partial charge in [-0.2, -0.15) is 5.10 Å². The summed E-state index contributed by atoms with van der Waals surface area (Å²) in [6.45, 7) is 5.99. The maximum Gasteiger partial charge on any atom is 0.235 e. The summed E-state index contributed by atoms with van der Waals surface area (Å²) in [6, 6.07) is 15.5. The van der Waals surface area contributed by atoms with Gasteiger partial charge >= 0.3 is 0 Å². The van der Waals surface area contributed by atoms with Crippen LogP contribution in [0.5, 0.6) is 5.75 Å². The van der Waals surface area contributed by atoms with Crippen LogP contribution in [-0.4, -0.2) is 27.5 Å². The second-order valence-corrected chi connectivity index (χ2v) is 8.74. The molecular formula is C22H22ClN3O2S. The zero-order valence-electron chi connectivity index (χ0n) is 16.5. The predicted molar refractivity (Wildman–Crippen MR) is 118 cm³/mol. The molecule has 1 aliphatic heterocycles. The third-order valence-electron chi connectivity index (χ3n) is 4.63.